The third kappa shape index (κ3) is 2.52. The van der Waals surface area contributed by atoms with Gasteiger partial charge in [0.15, 0.2) is 0 Å². The van der Waals surface area contributed by atoms with Crippen molar-refractivity contribution in [1.29, 1.82) is 0 Å². The second-order valence-corrected chi connectivity index (χ2v) is 4.85. The molecule has 2 aliphatic rings. The van der Waals surface area contributed by atoms with Crippen LogP contribution in [0, 0.1) is 5.92 Å². The van der Waals surface area contributed by atoms with E-state index in [1.54, 1.807) is 0 Å². The van der Waals surface area contributed by atoms with E-state index in [4.69, 9.17) is 0 Å². The van der Waals surface area contributed by atoms with Gasteiger partial charge in [-0.2, -0.15) is 0 Å². The Morgan fingerprint density at radius 3 is 2.75 bits per heavy atom. The van der Waals surface area contributed by atoms with E-state index in [2.05, 4.69) is 10.6 Å². The highest BCUT2D eigenvalue weighted by Crippen LogP contribution is 2.28. The number of hydrogen-bond acceptors (Lipinski definition) is 3. The molecule has 0 aromatic heterocycles. The van der Waals surface area contributed by atoms with E-state index in [1.807, 2.05) is 0 Å². The molecule has 2 rings (SSSR count). The minimum Gasteiger partial charge on any atom is -0.388 e. The molecule has 1 aliphatic carbocycles. The third-order valence-electron chi connectivity index (χ3n) is 3.47. The van der Waals surface area contributed by atoms with Crippen LogP contribution in [0.15, 0.2) is 0 Å². The summed E-state index contributed by atoms with van der Waals surface area (Å²) in [4.78, 5) is 22.6. The van der Waals surface area contributed by atoms with E-state index in [0.29, 0.717) is 13.1 Å². The summed E-state index contributed by atoms with van der Waals surface area (Å²) in [5, 5.41) is 15.4. The van der Waals surface area contributed by atoms with Gasteiger partial charge in [0.1, 0.15) is 0 Å². The lowest BCUT2D eigenvalue weighted by molar-refractivity contribution is -0.127. The van der Waals surface area contributed by atoms with Crippen molar-refractivity contribution in [3.63, 3.8) is 0 Å². The van der Waals surface area contributed by atoms with Crippen molar-refractivity contribution >= 4 is 11.8 Å². The van der Waals surface area contributed by atoms with E-state index in [1.165, 1.54) is 0 Å². The average molecular weight is 226 g/mol. The molecule has 1 saturated carbocycles. The fourth-order valence-electron chi connectivity index (χ4n) is 2.40. The van der Waals surface area contributed by atoms with Crippen LogP contribution in [0.1, 0.15) is 32.1 Å². The maximum absolute atomic E-state index is 11.7. The molecule has 90 valence electrons. The number of carbonyl (C=O) groups excluding carboxylic acids is 2. The lowest BCUT2D eigenvalue weighted by Gasteiger charge is -2.23. The molecule has 0 radical (unpaired) electrons. The van der Waals surface area contributed by atoms with Crippen molar-refractivity contribution in [1.82, 2.24) is 10.6 Å². The first-order valence-corrected chi connectivity index (χ1v) is 5.86. The molecule has 0 spiro atoms. The predicted octanol–water partition coefficient (Wildman–Crippen LogP) is -0.456. The number of amides is 2. The molecule has 1 unspecified atom stereocenters. The van der Waals surface area contributed by atoms with Gasteiger partial charge in [0.05, 0.1) is 11.5 Å². The van der Waals surface area contributed by atoms with Crippen LogP contribution in [0.5, 0.6) is 0 Å². The molecule has 2 amide bonds. The molecule has 1 heterocycles. The molecule has 5 nitrogen and oxygen atoms in total. The molecule has 1 saturated heterocycles. The van der Waals surface area contributed by atoms with Crippen molar-refractivity contribution in [2.75, 3.05) is 13.1 Å². The molecule has 2 fully saturated rings. The summed E-state index contributed by atoms with van der Waals surface area (Å²) in [6.07, 6.45) is 3.83. The predicted molar refractivity (Wildman–Crippen MR) is 57.5 cm³/mol. The van der Waals surface area contributed by atoms with Gasteiger partial charge in [0.2, 0.25) is 11.8 Å². The Bertz CT molecular complexity index is 298. The van der Waals surface area contributed by atoms with E-state index >= 15 is 0 Å². The van der Waals surface area contributed by atoms with Gasteiger partial charge in [-0.15, -0.1) is 0 Å². The average Bonchev–Trinajstić information content (AvgIpc) is 2.85. The Morgan fingerprint density at radius 1 is 1.50 bits per heavy atom. The Balaban J connectivity index is 1.77. The Labute approximate surface area is 94.6 Å². The Kier molecular flexibility index (Phi) is 3.14. The summed E-state index contributed by atoms with van der Waals surface area (Å²) >= 11 is 0. The number of rotatable bonds is 3. The minimum absolute atomic E-state index is 0.0697. The molecule has 0 aromatic rings. The minimum atomic E-state index is -0.717. The van der Waals surface area contributed by atoms with Crippen molar-refractivity contribution in [3.05, 3.63) is 0 Å². The van der Waals surface area contributed by atoms with Crippen LogP contribution in [0.4, 0.5) is 0 Å². The van der Waals surface area contributed by atoms with E-state index < -0.39 is 5.60 Å². The van der Waals surface area contributed by atoms with Gasteiger partial charge in [0.25, 0.3) is 0 Å². The molecule has 0 aromatic carbocycles. The van der Waals surface area contributed by atoms with Crippen LogP contribution >= 0.6 is 0 Å². The van der Waals surface area contributed by atoms with Gasteiger partial charge < -0.3 is 15.7 Å². The van der Waals surface area contributed by atoms with Crippen molar-refractivity contribution in [2.24, 2.45) is 5.92 Å². The van der Waals surface area contributed by atoms with Crippen LogP contribution in [0.3, 0.4) is 0 Å². The van der Waals surface area contributed by atoms with Crippen molar-refractivity contribution < 1.29 is 14.7 Å². The second kappa shape index (κ2) is 4.41. The van der Waals surface area contributed by atoms with Gasteiger partial charge in [-0.05, 0) is 12.8 Å². The van der Waals surface area contributed by atoms with Crippen LogP contribution in [-0.4, -0.2) is 35.6 Å². The first-order valence-electron chi connectivity index (χ1n) is 5.86. The second-order valence-electron chi connectivity index (χ2n) is 4.85. The summed E-state index contributed by atoms with van der Waals surface area (Å²) in [6.45, 7) is 0.736. The maximum Gasteiger partial charge on any atom is 0.225 e. The van der Waals surface area contributed by atoms with Crippen LogP contribution < -0.4 is 10.6 Å². The normalized spacial score (nSPS) is 27.8. The van der Waals surface area contributed by atoms with Gasteiger partial charge in [-0.3, -0.25) is 9.59 Å². The smallest absolute Gasteiger partial charge is 0.225 e. The van der Waals surface area contributed by atoms with Crippen molar-refractivity contribution in [3.8, 4) is 0 Å². The number of aliphatic hydroxyl groups is 1. The monoisotopic (exact) mass is 226 g/mol. The number of carbonyl (C=O) groups is 2. The highest BCUT2D eigenvalue weighted by molar-refractivity contribution is 5.89. The molecule has 1 atom stereocenters. The van der Waals surface area contributed by atoms with E-state index in [9.17, 15) is 14.7 Å². The fourth-order valence-corrected chi connectivity index (χ4v) is 2.40. The summed E-state index contributed by atoms with van der Waals surface area (Å²) in [6, 6.07) is 0. The largest absolute Gasteiger partial charge is 0.388 e. The summed E-state index contributed by atoms with van der Waals surface area (Å²) in [7, 11) is 0. The Morgan fingerprint density at radius 2 is 2.19 bits per heavy atom. The zero-order valence-corrected chi connectivity index (χ0v) is 9.29. The molecule has 5 heteroatoms. The van der Waals surface area contributed by atoms with Crippen LogP contribution in [0.2, 0.25) is 0 Å². The zero-order chi connectivity index (χ0) is 11.6. The summed E-state index contributed by atoms with van der Waals surface area (Å²) in [5.74, 6) is -0.462. The SMILES string of the molecule is O=C1CC(C(=O)NCC2(O)CCCC2)CN1. The zero-order valence-electron chi connectivity index (χ0n) is 9.29. The van der Waals surface area contributed by atoms with E-state index in [0.717, 1.165) is 25.7 Å². The van der Waals surface area contributed by atoms with Crippen LogP contribution in [-0.2, 0) is 9.59 Å². The first kappa shape index (κ1) is 11.4. The van der Waals surface area contributed by atoms with Gasteiger partial charge >= 0.3 is 0 Å². The summed E-state index contributed by atoms with van der Waals surface area (Å²) < 4.78 is 0. The maximum atomic E-state index is 11.7. The quantitative estimate of drug-likeness (QED) is 0.609. The lowest BCUT2D eigenvalue weighted by atomic mass is 10.0. The Hall–Kier alpha value is -1.10. The fraction of sp³-hybridized carbons (Fsp3) is 0.818. The van der Waals surface area contributed by atoms with Gasteiger partial charge in [-0.1, -0.05) is 12.8 Å². The van der Waals surface area contributed by atoms with Gasteiger partial charge in [0, 0.05) is 19.5 Å². The highest BCUT2D eigenvalue weighted by Gasteiger charge is 2.33. The third-order valence-corrected chi connectivity index (χ3v) is 3.47. The molecule has 1 aliphatic heterocycles. The topological polar surface area (TPSA) is 78.4 Å². The molecule has 16 heavy (non-hydrogen) atoms. The standard InChI is InChI=1S/C11H18N2O3/c14-9-5-8(6-12-9)10(15)13-7-11(16)3-1-2-4-11/h8,16H,1-7H2,(H,12,14)(H,13,15). The first-order chi connectivity index (χ1) is 7.59. The molecular weight excluding hydrogens is 208 g/mol. The van der Waals surface area contributed by atoms with E-state index in [-0.39, 0.29) is 24.2 Å². The number of hydrogen-bond donors (Lipinski definition) is 3. The van der Waals surface area contributed by atoms with Crippen molar-refractivity contribution in [2.45, 2.75) is 37.7 Å². The highest BCUT2D eigenvalue weighted by atomic mass is 16.3. The number of nitrogens with one attached hydrogen (secondary N) is 2. The summed E-state index contributed by atoms with van der Waals surface area (Å²) in [5.41, 5.74) is -0.717. The molecule has 3 N–H and O–H groups in total. The van der Waals surface area contributed by atoms with Gasteiger partial charge in [-0.25, -0.2) is 0 Å². The lowest BCUT2D eigenvalue weighted by Crippen LogP contribution is -2.43. The molecule has 0 bridgehead atoms. The van der Waals surface area contributed by atoms with Crippen LogP contribution in [0.25, 0.3) is 0 Å². The molecular formula is C11H18N2O3.